The second-order valence-electron chi connectivity index (χ2n) is 3.32. The Morgan fingerprint density at radius 1 is 1.27 bits per heavy atom. The third-order valence-corrected chi connectivity index (χ3v) is 4.39. The van der Waals surface area contributed by atoms with Crippen LogP contribution in [0, 0.1) is 0 Å². The van der Waals surface area contributed by atoms with Crippen molar-refractivity contribution in [3.63, 3.8) is 0 Å². The number of rotatable bonds is 2. The van der Waals surface area contributed by atoms with Gasteiger partial charge in [0.1, 0.15) is 0 Å². The van der Waals surface area contributed by atoms with Crippen molar-refractivity contribution in [2.45, 2.75) is 13.3 Å². The standard InChI is InChI=1S/C12H12BrNS/c1-2-9-10(14)12(13)15-11(9)8-6-4-3-5-7-8/h3-7H,2,14H2,1H3. The van der Waals surface area contributed by atoms with Crippen LogP contribution >= 0.6 is 27.3 Å². The van der Waals surface area contributed by atoms with Crippen LogP contribution in [0.4, 0.5) is 5.69 Å². The summed E-state index contributed by atoms with van der Waals surface area (Å²) in [6.07, 6.45) is 0.970. The number of hydrogen-bond acceptors (Lipinski definition) is 2. The number of thiophene rings is 1. The number of hydrogen-bond donors (Lipinski definition) is 1. The summed E-state index contributed by atoms with van der Waals surface area (Å²) in [5.74, 6) is 0. The van der Waals surface area contributed by atoms with Crippen LogP contribution in [0.1, 0.15) is 12.5 Å². The average Bonchev–Trinajstić information content (AvgIpc) is 2.56. The third kappa shape index (κ3) is 1.94. The first-order chi connectivity index (χ1) is 7.24. The molecule has 0 aliphatic heterocycles. The molecule has 1 nitrogen and oxygen atoms in total. The van der Waals surface area contributed by atoms with Crippen molar-refractivity contribution in [3.8, 4) is 10.4 Å². The molecule has 78 valence electrons. The fourth-order valence-electron chi connectivity index (χ4n) is 1.62. The molecule has 1 aromatic heterocycles. The number of anilines is 1. The quantitative estimate of drug-likeness (QED) is 0.872. The molecule has 0 bridgehead atoms. The molecule has 0 amide bonds. The van der Waals surface area contributed by atoms with Gasteiger partial charge in [0.15, 0.2) is 0 Å². The van der Waals surface area contributed by atoms with E-state index in [0.29, 0.717) is 0 Å². The second-order valence-corrected chi connectivity index (χ2v) is 5.66. The lowest BCUT2D eigenvalue weighted by atomic mass is 10.1. The Morgan fingerprint density at radius 2 is 1.93 bits per heavy atom. The molecule has 2 aromatic rings. The largest absolute Gasteiger partial charge is 0.397 e. The average molecular weight is 282 g/mol. The summed E-state index contributed by atoms with van der Waals surface area (Å²) < 4.78 is 1.04. The highest BCUT2D eigenvalue weighted by atomic mass is 79.9. The monoisotopic (exact) mass is 281 g/mol. The second kappa shape index (κ2) is 4.37. The van der Waals surface area contributed by atoms with Crippen molar-refractivity contribution in [2.75, 3.05) is 5.73 Å². The van der Waals surface area contributed by atoms with E-state index in [0.717, 1.165) is 15.9 Å². The van der Waals surface area contributed by atoms with E-state index in [9.17, 15) is 0 Å². The zero-order chi connectivity index (χ0) is 10.8. The molecule has 3 heteroatoms. The molecule has 0 saturated heterocycles. The summed E-state index contributed by atoms with van der Waals surface area (Å²) in [5.41, 5.74) is 9.40. The van der Waals surface area contributed by atoms with Gasteiger partial charge in [-0.05, 0) is 33.5 Å². The molecule has 0 aliphatic rings. The number of nitrogen functional groups attached to an aromatic ring is 1. The first-order valence-electron chi connectivity index (χ1n) is 4.86. The molecule has 0 saturated carbocycles. The van der Waals surface area contributed by atoms with Crippen LogP contribution in [0.2, 0.25) is 0 Å². The third-order valence-electron chi connectivity index (χ3n) is 2.39. The van der Waals surface area contributed by atoms with Crippen molar-refractivity contribution < 1.29 is 0 Å². The minimum atomic E-state index is 0.890. The van der Waals surface area contributed by atoms with Gasteiger partial charge in [-0.25, -0.2) is 0 Å². The zero-order valence-corrected chi connectivity index (χ0v) is 10.9. The predicted molar refractivity (Wildman–Crippen MR) is 71.2 cm³/mol. The molecule has 1 aromatic carbocycles. The van der Waals surface area contributed by atoms with Gasteiger partial charge < -0.3 is 5.73 Å². The molecule has 0 fully saturated rings. The lowest BCUT2D eigenvalue weighted by Crippen LogP contribution is -1.89. The van der Waals surface area contributed by atoms with Gasteiger partial charge in [-0.1, -0.05) is 37.3 Å². The van der Waals surface area contributed by atoms with E-state index in [1.807, 2.05) is 6.07 Å². The minimum Gasteiger partial charge on any atom is -0.397 e. The Hall–Kier alpha value is -0.800. The normalized spacial score (nSPS) is 10.5. The summed E-state index contributed by atoms with van der Waals surface area (Å²) in [5, 5.41) is 0. The van der Waals surface area contributed by atoms with E-state index in [-0.39, 0.29) is 0 Å². The fraction of sp³-hybridized carbons (Fsp3) is 0.167. The lowest BCUT2D eigenvalue weighted by molar-refractivity contribution is 1.16. The molecule has 2 rings (SSSR count). The van der Waals surface area contributed by atoms with Crippen molar-refractivity contribution in [2.24, 2.45) is 0 Å². The van der Waals surface area contributed by atoms with E-state index in [1.54, 1.807) is 11.3 Å². The maximum Gasteiger partial charge on any atom is 0.0937 e. The Balaban J connectivity index is 2.58. The van der Waals surface area contributed by atoms with Gasteiger partial charge in [0.2, 0.25) is 0 Å². The smallest absolute Gasteiger partial charge is 0.0937 e. The Kier molecular flexibility index (Phi) is 3.12. The van der Waals surface area contributed by atoms with Crippen LogP contribution in [0.3, 0.4) is 0 Å². The zero-order valence-electron chi connectivity index (χ0n) is 8.46. The minimum absolute atomic E-state index is 0.890. The summed E-state index contributed by atoms with van der Waals surface area (Å²) in [4.78, 5) is 1.28. The molecule has 0 aliphatic carbocycles. The molecule has 0 spiro atoms. The summed E-state index contributed by atoms with van der Waals surface area (Å²) in [6.45, 7) is 2.14. The van der Waals surface area contributed by atoms with Gasteiger partial charge in [-0.2, -0.15) is 0 Å². The summed E-state index contributed by atoms with van der Waals surface area (Å²) in [7, 11) is 0. The Morgan fingerprint density at radius 3 is 2.53 bits per heavy atom. The highest BCUT2D eigenvalue weighted by molar-refractivity contribution is 9.11. The van der Waals surface area contributed by atoms with Crippen LogP contribution in [-0.2, 0) is 6.42 Å². The SMILES string of the molecule is CCc1c(-c2ccccc2)sc(Br)c1N. The maximum absolute atomic E-state index is 6.01. The molecule has 15 heavy (non-hydrogen) atoms. The van der Waals surface area contributed by atoms with Gasteiger partial charge >= 0.3 is 0 Å². The van der Waals surface area contributed by atoms with Gasteiger partial charge in [-0.15, -0.1) is 11.3 Å². The Labute approximate surface area is 102 Å². The molecule has 1 heterocycles. The summed E-state index contributed by atoms with van der Waals surface area (Å²) in [6, 6.07) is 10.4. The molecule has 0 unspecified atom stereocenters. The van der Waals surface area contributed by atoms with E-state index in [2.05, 4.69) is 47.1 Å². The van der Waals surface area contributed by atoms with E-state index in [4.69, 9.17) is 5.73 Å². The van der Waals surface area contributed by atoms with E-state index >= 15 is 0 Å². The molecule has 0 radical (unpaired) electrons. The van der Waals surface area contributed by atoms with Crippen molar-refractivity contribution in [1.82, 2.24) is 0 Å². The van der Waals surface area contributed by atoms with Crippen LogP contribution in [-0.4, -0.2) is 0 Å². The first kappa shape index (κ1) is 10.7. The van der Waals surface area contributed by atoms with Gasteiger partial charge in [0, 0.05) is 4.88 Å². The van der Waals surface area contributed by atoms with Crippen molar-refractivity contribution >= 4 is 33.0 Å². The van der Waals surface area contributed by atoms with Crippen LogP contribution in [0.5, 0.6) is 0 Å². The number of nitrogens with two attached hydrogens (primary N) is 1. The molecule has 2 N–H and O–H groups in total. The molecule has 0 atom stereocenters. The van der Waals surface area contributed by atoms with Crippen LogP contribution in [0.15, 0.2) is 34.1 Å². The molecular weight excluding hydrogens is 270 g/mol. The van der Waals surface area contributed by atoms with Crippen molar-refractivity contribution in [3.05, 3.63) is 39.7 Å². The van der Waals surface area contributed by atoms with Crippen LogP contribution < -0.4 is 5.73 Å². The maximum atomic E-state index is 6.01. The molecular formula is C12H12BrNS. The van der Waals surface area contributed by atoms with Gasteiger partial charge in [0.25, 0.3) is 0 Å². The van der Waals surface area contributed by atoms with Crippen molar-refractivity contribution in [1.29, 1.82) is 0 Å². The lowest BCUT2D eigenvalue weighted by Gasteiger charge is -2.01. The van der Waals surface area contributed by atoms with Gasteiger partial charge in [-0.3, -0.25) is 0 Å². The van der Waals surface area contributed by atoms with Crippen LogP contribution in [0.25, 0.3) is 10.4 Å². The summed E-state index contributed by atoms with van der Waals surface area (Å²) >= 11 is 5.21. The fourth-order valence-corrected chi connectivity index (χ4v) is 3.39. The number of halogens is 1. The Bertz CT molecular complexity index is 462. The number of benzene rings is 1. The highest BCUT2D eigenvalue weighted by Crippen LogP contribution is 2.41. The van der Waals surface area contributed by atoms with E-state index < -0.39 is 0 Å². The van der Waals surface area contributed by atoms with Gasteiger partial charge in [0.05, 0.1) is 9.47 Å². The van der Waals surface area contributed by atoms with E-state index in [1.165, 1.54) is 16.0 Å². The predicted octanol–water partition coefficient (Wildman–Crippen LogP) is 4.32. The first-order valence-corrected chi connectivity index (χ1v) is 6.47. The topological polar surface area (TPSA) is 26.0 Å². The highest BCUT2D eigenvalue weighted by Gasteiger charge is 2.13.